The second-order valence-corrected chi connectivity index (χ2v) is 2.41. The molecule has 6 heteroatoms. The van der Waals surface area contributed by atoms with Gasteiger partial charge in [0.1, 0.15) is 0 Å². The van der Waals surface area contributed by atoms with Crippen molar-refractivity contribution < 1.29 is 5.21 Å². The van der Waals surface area contributed by atoms with Gasteiger partial charge in [0.25, 0.3) is 0 Å². The van der Waals surface area contributed by atoms with E-state index in [2.05, 4.69) is 15.1 Å². The number of hydrogen-bond acceptors (Lipinski definition) is 4. The van der Waals surface area contributed by atoms with Crippen molar-refractivity contribution in [3.8, 4) is 0 Å². The molecular weight excluding hydrogens is 189 g/mol. The van der Waals surface area contributed by atoms with E-state index in [0.717, 1.165) is 0 Å². The van der Waals surface area contributed by atoms with Gasteiger partial charge in [-0.05, 0) is 0 Å². The van der Waals surface area contributed by atoms with Crippen molar-refractivity contribution in [2.75, 3.05) is 0 Å². The van der Waals surface area contributed by atoms with Crippen molar-refractivity contribution >= 4 is 28.4 Å². The van der Waals surface area contributed by atoms with Crippen molar-refractivity contribution in [1.29, 1.82) is 0 Å². The molecular formula is C5H3Cl2N3O. The predicted molar refractivity (Wildman–Crippen MR) is 41.2 cm³/mol. The van der Waals surface area contributed by atoms with E-state index in [4.69, 9.17) is 28.4 Å². The Hall–Kier alpha value is -0.870. The van der Waals surface area contributed by atoms with Crippen LogP contribution in [0.15, 0.2) is 17.5 Å². The quantitative estimate of drug-likeness (QED) is 0.416. The molecule has 1 heterocycles. The van der Waals surface area contributed by atoms with E-state index in [1.54, 1.807) is 0 Å². The first-order chi connectivity index (χ1) is 5.24. The molecule has 1 rings (SSSR count). The molecule has 0 aliphatic rings. The Kier molecular flexibility index (Phi) is 2.62. The third-order valence-corrected chi connectivity index (χ3v) is 1.33. The number of rotatable bonds is 1. The standard InChI is InChI=1S/C5H3Cl2N3O/c6-3-1-8-5(9-2-3)4(7)10-11/h1-2,11H/b10-4-. The largest absolute Gasteiger partial charge is 0.410 e. The molecule has 0 unspecified atom stereocenters. The van der Waals surface area contributed by atoms with Gasteiger partial charge < -0.3 is 5.21 Å². The third kappa shape index (κ3) is 2.03. The lowest BCUT2D eigenvalue weighted by Crippen LogP contribution is -1.98. The summed E-state index contributed by atoms with van der Waals surface area (Å²) < 4.78 is 0. The average molecular weight is 192 g/mol. The molecule has 11 heavy (non-hydrogen) atoms. The molecule has 4 nitrogen and oxygen atoms in total. The molecule has 0 saturated carbocycles. The third-order valence-electron chi connectivity index (χ3n) is 0.893. The number of halogens is 2. The minimum atomic E-state index is -0.165. The maximum Gasteiger partial charge on any atom is 0.212 e. The van der Waals surface area contributed by atoms with Crippen molar-refractivity contribution in [2.24, 2.45) is 5.16 Å². The van der Waals surface area contributed by atoms with Crippen LogP contribution in [-0.2, 0) is 0 Å². The summed E-state index contributed by atoms with van der Waals surface area (Å²) in [6.07, 6.45) is 2.72. The molecule has 0 saturated heterocycles. The lowest BCUT2D eigenvalue weighted by molar-refractivity contribution is 0.320. The Morgan fingerprint density at radius 2 is 2.00 bits per heavy atom. The van der Waals surface area contributed by atoms with Gasteiger partial charge in [0.2, 0.25) is 5.17 Å². The van der Waals surface area contributed by atoms with Crippen LogP contribution in [0.5, 0.6) is 0 Å². The zero-order valence-corrected chi connectivity index (χ0v) is 6.71. The van der Waals surface area contributed by atoms with Gasteiger partial charge in [-0.15, -0.1) is 0 Å². The van der Waals surface area contributed by atoms with Crippen LogP contribution in [-0.4, -0.2) is 20.3 Å². The molecule has 1 aromatic rings. The van der Waals surface area contributed by atoms with Crippen LogP contribution in [0.4, 0.5) is 0 Å². The molecule has 0 spiro atoms. The topological polar surface area (TPSA) is 58.4 Å². The minimum Gasteiger partial charge on any atom is -0.410 e. The maximum absolute atomic E-state index is 8.20. The van der Waals surface area contributed by atoms with Gasteiger partial charge in [-0.2, -0.15) is 0 Å². The maximum atomic E-state index is 8.20. The molecule has 0 fully saturated rings. The molecule has 0 aliphatic carbocycles. The Morgan fingerprint density at radius 3 is 2.45 bits per heavy atom. The van der Waals surface area contributed by atoms with Gasteiger partial charge in [-0.25, -0.2) is 9.97 Å². The summed E-state index contributed by atoms with van der Waals surface area (Å²) in [4.78, 5) is 7.37. The highest BCUT2D eigenvalue weighted by atomic mass is 35.5. The van der Waals surface area contributed by atoms with Gasteiger partial charge in [0.15, 0.2) is 5.82 Å². The first kappa shape index (κ1) is 8.23. The summed E-state index contributed by atoms with van der Waals surface area (Å²) in [7, 11) is 0. The molecule has 1 N–H and O–H groups in total. The van der Waals surface area contributed by atoms with E-state index in [1.165, 1.54) is 12.4 Å². The second-order valence-electron chi connectivity index (χ2n) is 1.62. The lowest BCUT2D eigenvalue weighted by atomic mass is 10.6. The van der Waals surface area contributed by atoms with E-state index < -0.39 is 0 Å². The van der Waals surface area contributed by atoms with Crippen molar-refractivity contribution in [3.05, 3.63) is 23.2 Å². The fourth-order valence-corrected chi connectivity index (χ4v) is 0.659. The van der Waals surface area contributed by atoms with Crippen molar-refractivity contribution in [2.45, 2.75) is 0 Å². The van der Waals surface area contributed by atoms with Crippen LogP contribution in [0.25, 0.3) is 0 Å². The first-order valence-corrected chi connectivity index (χ1v) is 3.35. The second kappa shape index (κ2) is 3.50. The van der Waals surface area contributed by atoms with Gasteiger partial charge in [0.05, 0.1) is 5.02 Å². The van der Waals surface area contributed by atoms with Crippen molar-refractivity contribution in [3.63, 3.8) is 0 Å². The summed E-state index contributed by atoms with van der Waals surface area (Å²) >= 11 is 10.9. The fraction of sp³-hybridized carbons (Fsp3) is 0. The molecule has 0 atom stereocenters. The normalized spacial score (nSPS) is 11.6. The highest BCUT2D eigenvalue weighted by molar-refractivity contribution is 6.68. The Bertz CT molecular complexity index is 272. The van der Waals surface area contributed by atoms with E-state index >= 15 is 0 Å². The number of oxime groups is 1. The van der Waals surface area contributed by atoms with Crippen molar-refractivity contribution in [1.82, 2.24) is 9.97 Å². The van der Waals surface area contributed by atoms with Gasteiger partial charge >= 0.3 is 0 Å². The zero-order valence-electron chi connectivity index (χ0n) is 5.20. The van der Waals surface area contributed by atoms with Crippen LogP contribution in [0, 0.1) is 0 Å². The highest BCUT2D eigenvalue weighted by Gasteiger charge is 2.02. The molecule has 0 radical (unpaired) electrons. The van der Waals surface area contributed by atoms with E-state index in [0.29, 0.717) is 5.02 Å². The number of aromatic nitrogens is 2. The Balaban J connectivity index is 2.99. The highest BCUT2D eigenvalue weighted by Crippen LogP contribution is 2.04. The SMILES string of the molecule is O/N=C(\Cl)c1ncc(Cl)cn1. The molecule has 0 aliphatic heterocycles. The summed E-state index contributed by atoms with van der Waals surface area (Å²) in [5.41, 5.74) is 0. The molecule has 58 valence electrons. The smallest absolute Gasteiger partial charge is 0.212 e. The molecule has 1 aromatic heterocycles. The summed E-state index contributed by atoms with van der Waals surface area (Å²) in [5.74, 6) is 0.138. The summed E-state index contributed by atoms with van der Waals surface area (Å²) in [6, 6.07) is 0. The average Bonchev–Trinajstić information content (AvgIpc) is 2.05. The number of hydrogen-bond donors (Lipinski definition) is 1. The summed E-state index contributed by atoms with van der Waals surface area (Å²) in [6.45, 7) is 0. The fourth-order valence-electron chi connectivity index (χ4n) is 0.464. The van der Waals surface area contributed by atoms with Crippen LogP contribution in [0.2, 0.25) is 5.02 Å². The molecule has 0 aromatic carbocycles. The Morgan fingerprint density at radius 1 is 1.45 bits per heavy atom. The predicted octanol–water partition coefficient (Wildman–Crippen LogP) is 1.50. The van der Waals surface area contributed by atoms with E-state index in [1.807, 2.05) is 0 Å². The van der Waals surface area contributed by atoms with E-state index in [-0.39, 0.29) is 11.0 Å². The summed E-state index contributed by atoms with van der Waals surface area (Å²) in [5, 5.41) is 11.1. The zero-order chi connectivity index (χ0) is 8.27. The minimum absolute atomic E-state index is 0.138. The lowest BCUT2D eigenvalue weighted by Gasteiger charge is -1.92. The monoisotopic (exact) mass is 191 g/mol. The van der Waals surface area contributed by atoms with Gasteiger partial charge in [-0.3, -0.25) is 0 Å². The first-order valence-electron chi connectivity index (χ1n) is 2.59. The molecule has 0 amide bonds. The van der Waals surface area contributed by atoms with Crippen LogP contribution < -0.4 is 0 Å². The van der Waals surface area contributed by atoms with Gasteiger partial charge in [0, 0.05) is 12.4 Å². The molecule has 0 bridgehead atoms. The van der Waals surface area contributed by atoms with Crippen LogP contribution in [0.3, 0.4) is 0 Å². The van der Waals surface area contributed by atoms with Crippen LogP contribution >= 0.6 is 23.2 Å². The number of nitrogens with zero attached hydrogens (tertiary/aromatic N) is 3. The Labute approximate surface area is 72.5 Å². The van der Waals surface area contributed by atoms with Crippen LogP contribution in [0.1, 0.15) is 5.82 Å². The van der Waals surface area contributed by atoms with Gasteiger partial charge in [-0.1, -0.05) is 28.4 Å². The van der Waals surface area contributed by atoms with E-state index in [9.17, 15) is 0 Å².